The van der Waals surface area contributed by atoms with Gasteiger partial charge in [0.15, 0.2) is 0 Å². The Labute approximate surface area is 123 Å². The molecule has 0 bridgehead atoms. The molecule has 0 aromatic heterocycles. The molecular weight excluding hydrogens is 248 g/mol. The Bertz CT molecular complexity index is 404. The highest BCUT2D eigenvalue weighted by Crippen LogP contribution is 2.20. The largest absolute Gasteiger partial charge is 0.497 e. The average molecular weight is 276 g/mol. The number of aryl methyl sites for hydroxylation is 1. The van der Waals surface area contributed by atoms with E-state index in [1.54, 1.807) is 7.11 Å². The molecule has 0 radical (unpaired) electrons. The highest BCUT2D eigenvalue weighted by molar-refractivity contribution is 5.27. The monoisotopic (exact) mass is 276 g/mol. The van der Waals surface area contributed by atoms with Crippen LogP contribution < -0.4 is 10.5 Å². The smallest absolute Gasteiger partial charge is 0.118 e. The van der Waals surface area contributed by atoms with E-state index in [1.807, 2.05) is 12.1 Å². The van der Waals surface area contributed by atoms with Gasteiger partial charge in [0.1, 0.15) is 5.75 Å². The number of likely N-dealkylation sites (tertiary alicyclic amines) is 1. The number of hydrogen-bond acceptors (Lipinski definition) is 3. The van der Waals surface area contributed by atoms with Crippen molar-refractivity contribution in [3.8, 4) is 5.75 Å². The molecule has 2 N–H and O–H groups in total. The minimum atomic E-state index is 0.389. The molecule has 0 saturated carbocycles. The quantitative estimate of drug-likeness (QED) is 0.898. The molecule has 1 aliphatic rings. The Morgan fingerprint density at radius 1 is 1.35 bits per heavy atom. The predicted octanol–water partition coefficient (Wildman–Crippen LogP) is 2.69. The van der Waals surface area contributed by atoms with Crippen molar-refractivity contribution in [3.63, 3.8) is 0 Å². The van der Waals surface area contributed by atoms with Crippen LogP contribution >= 0.6 is 0 Å². The molecule has 0 spiro atoms. The lowest BCUT2D eigenvalue weighted by Crippen LogP contribution is -2.49. The molecule has 1 heterocycles. The predicted molar refractivity (Wildman–Crippen MR) is 84.1 cm³/mol. The van der Waals surface area contributed by atoms with Gasteiger partial charge in [-0.1, -0.05) is 19.1 Å². The van der Waals surface area contributed by atoms with Crippen molar-refractivity contribution < 1.29 is 4.74 Å². The van der Waals surface area contributed by atoms with Crippen molar-refractivity contribution in [3.05, 3.63) is 29.8 Å². The Kier molecular flexibility index (Phi) is 5.44. The summed E-state index contributed by atoms with van der Waals surface area (Å²) in [6.07, 6.45) is 3.46. The van der Waals surface area contributed by atoms with Crippen LogP contribution in [0.3, 0.4) is 0 Å². The van der Waals surface area contributed by atoms with Crippen LogP contribution in [0.25, 0.3) is 0 Å². The van der Waals surface area contributed by atoms with Gasteiger partial charge >= 0.3 is 0 Å². The molecule has 1 fully saturated rings. The average Bonchev–Trinajstić information content (AvgIpc) is 2.48. The van der Waals surface area contributed by atoms with Crippen LogP contribution in [0.1, 0.15) is 32.3 Å². The van der Waals surface area contributed by atoms with Gasteiger partial charge in [-0.2, -0.15) is 0 Å². The summed E-state index contributed by atoms with van der Waals surface area (Å²) >= 11 is 0. The fourth-order valence-corrected chi connectivity index (χ4v) is 2.95. The third-order valence-corrected chi connectivity index (χ3v) is 4.64. The number of benzene rings is 1. The number of nitrogens with zero attached hydrogens (tertiary/aromatic N) is 1. The molecule has 1 aromatic carbocycles. The van der Waals surface area contributed by atoms with E-state index >= 15 is 0 Å². The van der Waals surface area contributed by atoms with Crippen molar-refractivity contribution in [2.75, 3.05) is 20.2 Å². The van der Waals surface area contributed by atoms with Gasteiger partial charge < -0.3 is 15.4 Å². The molecule has 0 aliphatic carbocycles. The maximum Gasteiger partial charge on any atom is 0.118 e. The first-order valence-electron chi connectivity index (χ1n) is 7.72. The van der Waals surface area contributed by atoms with Gasteiger partial charge in [0.05, 0.1) is 7.11 Å². The first kappa shape index (κ1) is 15.3. The lowest BCUT2D eigenvalue weighted by atomic mass is 9.93. The first-order valence-corrected chi connectivity index (χ1v) is 7.72. The van der Waals surface area contributed by atoms with Crippen molar-refractivity contribution in [1.29, 1.82) is 0 Å². The fourth-order valence-electron chi connectivity index (χ4n) is 2.95. The summed E-state index contributed by atoms with van der Waals surface area (Å²) in [7, 11) is 1.71. The van der Waals surface area contributed by atoms with Gasteiger partial charge in [-0.3, -0.25) is 0 Å². The standard InChI is InChI=1S/C17H28N2O/c1-13-12-19(11-10-17(13)18)14(2)4-5-15-6-8-16(20-3)9-7-15/h6-9,13-14,17H,4-5,10-12,18H2,1-3H3. The maximum absolute atomic E-state index is 6.09. The number of rotatable bonds is 5. The number of nitrogens with two attached hydrogens (primary N) is 1. The van der Waals surface area contributed by atoms with Crippen LogP contribution in [0.15, 0.2) is 24.3 Å². The molecule has 0 amide bonds. The van der Waals surface area contributed by atoms with E-state index in [9.17, 15) is 0 Å². The maximum atomic E-state index is 6.09. The van der Waals surface area contributed by atoms with E-state index in [0.29, 0.717) is 18.0 Å². The Morgan fingerprint density at radius 2 is 2.05 bits per heavy atom. The summed E-state index contributed by atoms with van der Waals surface area (Å²) in [6.45, 7) is 6.90. The van der Waals surface area contributed by atoms with Gasteiger partial charge in [0, 0.05) is 18.6 Å². The molecule has 3 heteroatoms. The van der Waals surface area contributed by atoms with Crippen LogP contribution in [0.2, 0.25) is 0 Å². The van der Waals surface area contributed by atoms with E-state index in [0.717, 1.165) is 31.7 Å². The normalized spacial score (nSPS) is 25.4. The molecule has 3 unspecified atom stereocenters. The van der Waals surface area contributed by atoms with Crippen LogP contribution in [-0.2, 0) is 6.42 Å². The second-order valence-electron chi connectivity index (χ2n) is 6.16. The summed E-state index contributed by atoms with van der Waals surface area (Å²) in [5, 5.41) is 0. The minimum Gasteiger partial charge on any atom is -0.497 e. The Morgan fingerprint density at radius 3 is 2.65 bits per heavy atom. The van der Waals surface area contributed by atoms with Gasteiger partial charge in [0.2, 0.25) is 0 Å². The van der Waals surface area contributed by atoms with Crippen LogP contribution in [0.4, 0.5) is 0 Å². The summed E-state index contributed by atoms with van der Waals surface area (Å²) in [5.41, 5.74) is 7.48. The molecule has 112 valence electrons. The van der Waals surface area contributed by atoms with Crippen LogP contribution in [0.5, 0.6) is 5.75 Å². The van der Waals surface area contributed by atoms with Crippen molar-refractivity contribution >= 4 is 0 Å². The summed E-state index contributed by atoms with van der Waals surface area (Å²) in [5.74, 6) is 1.55. The zero-order chi connectivity index (χ0) is 14.5. The molecule has 20 heavy (non-hydrogen) atoms. The van der Waals surface area contributed by atoms with Crippen molar-refractivity contribution in [2.24, 2.45) is 11.7 Å². The van der Waals surface area contributed by atoms with Gasteiger partial charge in [0.25, 0.3) is 0 Å². The number of piperidine rings is 1. The topological polar surface area (TPSA) is 38.5 Å². The fraction of sp³-hybridized carbons (Fsp3) is 0.647. The zero-order valence-corrected chi connectivity index (χ0v) is 13.0. The number of hydrogen-bond donors (Lipinski definition) is 1. The Hall–Kier alpha value is -1.06. The zero-order valence-electron chi connectivity index (χ0n) is 13.0. The molecule has 3 atom stereocenters. The van der Waals surface area contributed by atoms with E-state index < -0.39 is 0 Å². The van der Waals surface area contributed by atoms with Crippen molar-refractivity contribution in [2.45, 2.75) is 45.2 Å². The molecule has 3 nitrogen and oxygen atoms in total. The van der Waals surface area contributed by atoms with Crippen LogP contribution in [0, 0.1) is 5.92 Å². The third kappa shape index (κ3) is 3.97. The third-order valence-electron chi connectivity index (χ3n) is 4.64. The van der Waals surface area contributed by atoms with Gasteiger partial charge in [-0.05, 0) is 56.3 Å². The van der Waals surface area contributed by atoms with Gasteiger partial charge in [-0.15, -0.1) is 0 Å². The minimum absolute atomic E-state index is 0.389. The molecule has 1 aromatic rings. The highest BCUT2D eigenvalue weighted by Gasteiger charge is 2.25. The second-order valence-corrected chi connectivity index (χ2v) is 6.16. The summed E-state index contributed by atoms with van der Waals surface area (Å²) in [4.78, 5) is 2.59. The van der Waals surface area contributed by atoms with E-state index in [-0.39, 0.29) is 0 Å². The lowest BCUT2D eigenvalue weighted by Gasteiger charge is -2.38. The summed E-state index contributed by atoms with van der Waals surface area (Å²) in [6, 6.07) is 9.44. The van der Waals surface area contributed by atoms with E-state index in [4.69, 9.17) is 10.5 Å². The Balaban J connectivity index is 1.80. The highest BCUT2D eigenvalue weighted by atomic mass is 16.5. The van der Waals surface area contributed by atoms with E-state index in [1.165, 1.54) is 12.0 Å². The molecule has 2 rings (SSSR count). The summed E-state index contributed by atoms with van der Waals surface area (Å²) < 4.78 is 5.19. The van der Waals surface area contributed by atoms with Crippen molar-refractivity contribution in [1.82, 2.24) is 4.90 Å². The molecule has 1 saturated heterocycles. The number of methoxy groups -OCH3 is 1. The SMILES string of the molecule is COc1ccc(CCC(C)N2CCC(N)C(C)C2)cc1. The number of ether oxygens (including phenoxy) is 1. The van der Waals surface area contributed by atoms with Crippen LogP contribution in [-0.4, -0.2) is 37.2 Å². The second kappa shape index (κ2) is 7.09. The molecule has 1 aliphatic heterocycles. The first-order chi connectivity index (χ1) is 9.60. The van der Waals surface area contributed by atoms with Gasteiger partial charge in [-0.25, -0.2) is 0 Å². The lowest BCUT2D eigenvalue weighted by molar-refractivity contribution is 0.119. The van der Waals surface area contributed by atoms with E-state index in [2.05, 4.69) is 30.9 Å². The molecular formula is C17H28N2O.